The Morgan fingerprint density at radius 2 is 1.59 bits per heavy atom. The van der Waals surface area contributed by atoms with Crippen LogP contribution in [0, 0.1) is 0 Å². The molecule has 0 spiro atoms. The van der Waals surface area contributed by atoms with Crippen LogP contribution in [0.3, 0.4) is 0 Å². The van der Waals surface area contributed by atoms with Gasteiger partial charge in [0, 0.05) is 18.7 Å². The average molecular weight is 386 g/mol. The minimum atomic E-state index is 0.580. The number of fused-ring (bicyclic) bond motifs is 1. The summed E-state index contributed by atoms with van der Waals surface area (Å²) in [6.07, 6.45) is 0. The molecule has 3 heterocycles. The second-order valence-electron chi connectivity index (χ2n) is 7.06. The van der Waals surface area contributed by atoms with E-state index in [1.165, 1.54) is 0 Å². The summed E-state index contributed by atoms with van der Waals surface area (Å²) in [6, 6.07) is 20.2. The molecule has 0 unspecified atom stereocenters. The van der Waals surface area contributed by atoms with Crippen molar-refractivity contribution in [1.82, 2.24) is 19.7 Å². The van der Waals surface area contributed by atoms with Crippen molar-refractivity contribution in [2.45, 2.75) is 6.54 Å². The Balaban J connectivity index is 1.66. The Morgan fingerprint density at radius 1 is 0.897 bits per heavy atom. The van der Waals surface area contributed by atoms with E-state index < -0.39 is 0 Å². The predicted octanol–water partition coefficient (Wildman–Crippen LogP) is 2.96. The molecule has 1 fully saturated rings. The van der Waals surface area contributed by atoms with Crippen molar-refractivity contribution in [3.8, 4) is 11.3 Å². The molecular weight excluding hydrogens is 364 g/mol. The van der Waals surface area contributed by atoms with Crippen LogP contribution in [0.4, 0.5) is 11.8 Å². The molecule has 0 amide bonds. The Kier molecular flexibility index (Phi) is 4.57. The van der Waals surface area contributed by atoms with E-state index in [2.05, 4.69) is 17.0 Å². The van der Waals surface area contributed by atoms with Crippen molar-refractivity contribution in [2.24, 2.45) is 0 Å². The van der Waals surface area contributed by atoms with Crippen LogP contribution in [-0.2, 0) is 11.3 Å². The minimum absolute atomic E-state index is 0.580. The molecule has 1 aliphatic heterocycles. The lowest BCUT2D eigenvalue weighted by Crippen LogP contribution is -2.37. The number of aromatic nitrogens is 4. The quantitative estimate of drug-likeness (QED) is 0.581. The first-order valence-electron chi connectivity index (χ1n) is 9.75. The summed E-state index contributed by atoms with van der Waals surface area (Å²) >= 11 is 0. The molecule has 0 radical (unpaired) electrons. The molecule has 2 aromatic heterocycles. The summed E-state index contributed by atoms with van der Waals surface area (Å²) in [5.74, 6) is 1.25. The van der Waals surface area contributed by atoms with Gasteiger partial charge in [0.15, 0.2) is 5.65 Å². The number of nitrogens with two attached hydrogens (primary N) is 1. The van der Waals surface area contributed by atoms with E-state index in [1.807, 2.05) is 53.2 Å². The fourth-order valence-electron chi connectivity index (χ4n) is 3.63. The van der Waals surface area contributed by atoms with Crippen molar-refractivity contribution >= 4 is 22.8 Å². The standard InChI is InChI=1S/C22H22N6O/c23-20-18-19(17-9-5-2-6-10-17)24-22(27-11-13-29-14-12-27)25-21(18)26-28(20)15-16-7-3-1-4-8-16/h1-10H,11-15,23H2. The molecule has 0 aliphatic carbocycles. The molecule has 7 heteroatoms. The van der Waals surface area contributed by atoms with E-state index in [4.69, 9.17) is 25.5 Å². The monoisotopic (exact) mass is 386 g/mol. The highest BCUT2D eigenvalue weighted by molar-refractivity contribution is 5.99. The summed E-state index contributed by atoms with van der Waals surface area (Å²) in [6.45, 7) is 3.46. The number of hydrogen-bond acceptors (Lipinski definition) is 6. The first-order valence-corrected chi connectivity index (χ1v) is 9.75. The van der Waals surface area contributed by atoms with Gasteiger partial charge in [-0.05, 0) is 5.56 Å². The van der Waals surface area contributed by atoms with E-state index >= 15 is 0 Å². The maximum absolute atomic E-state index is 6.54. The molecule has 0 bridgehead atoms. The second kappa shape index (κ2) is 7.52. The Hall–Kier alpha value is -3.45. The van der Waals surface area contributed by atoms with Gasteiger partial charge in [-0.2, -0.15) is 4.98 Å². The highest BCUT2D eigenvalue weighted by Gasteiger charge is 2.21. The van der Waals surface area contributed by atoms with Crippen molar-refractivity contribution in [1.29, 1.82) is 0 Å². The highest BCUT2D eigenvalue weighted by atomic mass is 16.5. The number of benzene rings is 2. The molecule has 1 saturated heterocycles. The molecular formula is C22H22N6O. The van der Waals surface area contributed by atoms with Gasteiger partial charge in [-0.1, -0.05) is 60.7 Å². The molecule has 4 aromatic rings. The Labute approximate surface area is 168 Å². The summed E-state index contributed by atoms with van der Waals surface area (Å²) in [4.78, 5) is 11.8. The van der Waals surface area contributed by atoms with Crippen molar-refractivity contribution < 1.29 is 4.74 Å². The van der Waals surface area contributed by atoms with E-state index in [1.54, 1.807) is 0 Å². The number of nitrogens with zero attached hydrogens (tertiary/aromatic N) is 5. The SMILES string of the molecule is Nc1c2c(-c3ccccc3)nc(N3CCOCC3)nc2nn1Cc1ccccc1. The van der Waals surface area contributed by atoms with Crippen LogP contribution in [0.15, 0.2) is 60.7 Å². The van der Waals surface area contributed by atoms with Crippen molar-refractivity contribution in [3.05, 3.63) is 66.2 Å². The summed E-state index contributed by atoms with van der Waals surface area (Å²) in [5, 5.41) is 5.53. The number of rotatable bonds is 4. The van der Waals surface area contributed by atoms with Gasteiger partial charge in [-0.25, -0.2) is 9.67 Å². The Bertz CT molecular complexity index is 1120. The van der Waals surface area contributed by atoms with Crippen molar-refractivity contribution in [3.63, 3.8) is 0 Å². The zero-order valence-electron chi connectivity index (χ0n) is 16.0. The summed E-state index contributed by atoms with van der Waals surface area (Å²) in [7, 11) is 0. The van der Waals surface area contributed by atoms with Crippen LogP contribution >= 0.6 is 0 Å². The minimum Gasteiger partial charge on any atom is -0.383 e. The zero-order chi connectivity index (χ0) is 19.6. The molecule has 0 saturated carbocycles. The van der Waals surface area contributed by atoms with Crippen LogP contribution in [0.1, 0.15) is 5.56 Å². The maximum atomic E-state index is 6.54. The van der Waals surface area contributed by atoms with Gasteiger partial charge >= 0.3 is 0 Å². The number of anilines is 2. The van der Waals surface area contributed by atoms with Gasteiger partial charge in [0.2, 0.25) is 5.95 Å². The summed E-state index contributed by atoms with van der Waals surface area (Å²) < 4.78 is 7.29. The van der Waals surface area contributed by atoms with E-state index in [0.29, 0.717) is 37.2 Å². The lowest BCUT2D eigenvalue weighted by Gasteiger charge is -2.27. The van der Waals surface area contributed by atoms with Gasteiger partial charge in [-0.3, -0.25) is 0 Å². The van der Waals surface area contributed by atoms with Gasteiger partial charge in [0.05, 0.1) is 30.8 Å². The van der Waals surface area contributed by atoms with Gasteiger partial charge < -0.3 is 15.4 Å². The number of nitrogen functional groups attached to an aromatic ring is 1. The van der Waals surface area contributed by atoms with E-state index in [9.17, 15) is 0 Å². The fourth-order valence-corrected chi connectivity index (χ4v) is 3.63. The predicted molar refractivity (Wildman–Crippen MR) is 114 cm³/mol. The molecule has 2 aromatic carbocycles. The Morgan fingerprint density at radius 3 is 2.31 bits per heavy atom. The molecule has 146 valence electrons. The number of morpholine rings is 1. The van der Waals surface area contributed by atoms with E-state index in [-0.39, 0.29) is 0 Å². The van der Waals surface area contributed by atoms with Crippen LogP contribution in [0.5, 0.6) is 0 Å². The van der Waals surface area contributed by atoms with Crippen LogP contribution < -0.4 is 10.6 Å². The van der Waals surface area contributed by atoms with Crippen molar-refractivity contribution in [2.75, 3.05) is 36.9 Å². The average Bonchev–Trinajstić information content (AvgIpc) is 3.10. The van der Waals surface area contributed by atoms with Crippen LogP contribution in [-0.4, -0.2) is 46.1 Å². The molecule has 5 rings (SSSR count). The largest absolute Gasteiger partial charge is 0.383 e. The first-order chi connectivity index (χ1) is 14.3. The highest BCUT2D eigenvalue weighted by Crippen LogP contribution is 2.32. The lowest BCUT2D eigenvalue weighted by molar-refractivity contribution is 0.122. The topological polar surface area (TPSA) is 82.1 Å². The van der Waals surface area contributed by atoms with Crippen LogP contribution in [0.25, 0.3) is 22.3 Å². The third-order valence-corrected chi connectivity index (χ3v) is 5.14. The summed E-state index contributed by atoms with van der Waals surface area (Å²) in [5.41, 5.74) is 10.1. The third kappa shape index (κ3) is 3.40. The number of hydrogen-bond donors (Lipinski definition) is 1. The molecule has 0 atom stereocenters. The van der Waals surface area contributed by atoms with Gasteiger partial charge in [-0.15, -0.1) is 5.10 Å². The number of ether oxygens (including phenoxy) is 1. The first kappa shape index (κ1) is 17.6. The molecule has 7 nitrogen and oxygen atoms in total. The fraction of sp³-hybridized carbons (Fsp3) is 0.227. The maximum Gasteiger partial charge on any atom is 0.228 e. The van der Waals surface area contributed by atoms with Gasteiger partial charge in [0.1, 0.15) is 5.82 Å². The second-order valence-corrected chi connectivity index (χ2v) is 7.06. The zero-order valence-corrected chi connectivity index (χ0v) is 16.0. The van der Waals surface area contributed by atoms with E-state index in [0.717, 1.165) is 35.3 Å². The molecule has 1 aliphatic rings. The molecule has 29 heavy (non-hydrogen) atoms. The lowest BCUT2D eigenvalue weighted by atomic mass is 10.1. The smallest absolute Gasteiger partial charge is 0.228 e. The third-order valence-electron chi connectivity index (χ3n) is 5.14. The molecule has 2 N–H and O–H groups in total. The normalized spacial score (nSPS) is 14.4. The van der Waals surface area contributed by atoms with Crippen LogP contribution in [0.2, 0.25) is 0 Å². The van der Waals surface area contributed by atoms with Gasteiger partial charge in [0.25, 0.3) is 0 Å².